The van der Waals surface area contributed by atoms with Crippen molar-refractivity contribution in [1.82, 2.24) is 0 Å². The number of nitrogens with one attached hydrogen (secondary N) is 1. The van der Waals surface area contributed by atoms with Crippen LogP contribution in [-0.4, -0.2) is 11.2 Å². The van der Waals surface area contributed by atoms with Crippen molar-refractivity contribution >= 4 is 35.0 Å². The maximum absolute atomic E-state index is 12.9. The minimum absolute atomic E-state index is 0.0694. The molecule has 158 valence electrons. The van der Waals surface area contributed by atoms with E-state index in [1.807, 2.05) is 24.3 Å². The number of amides is 1. The van der Waals surface area contributed by atoms with Gasteiger partial charge in [0.25, 0.3) is 0 Å². The number of carbonyl (C=O) groups is 1. The second-order valence-electron chi connectivity index (χ2n) is 9.73. The van der Waals surface area contributed by atoms with E-state index in [4.69, 9.17) is 11.6 Å². The summed E-state index contributed by atoms with van der Waals surface area (Å²) in [6.45, 7) is 2.06. The molecule has 4 bridgehead atoms. The molecule has 0 spiro atoms. The fourth-order valence-electron chi connectivity index (χ4n) is 6.59. The van der Waals surface area contributed by atoms with Crippen LogP contribution < -0.4 is 5.32 Å². The molecule has 0 unspecified atom stereocenters. The molecule has 1 N–H and O–H groups in total. The Morgan fingerprint density at radius 3 is 2.10 bits per heavy atom. The van der Waals surface area contributed by atoms with Gasteiger partial charge in [-0.3, -0.25) is 4.79 Å². The molecule has 1 atom stereocenters. The van der Waals surface area contributed by atoms with Crippen LogP contribution in [0.1, 0.15) is 57.4 Å². The van der Waals surface area contributed by atoms with Crippen molar-refractivity contribution in [2.24, 2.45) is 17.8 Å². The maximum atomic E-state index is 12.9. The Morgan fingerprint density at radius 2 is 1.57 bits per heavy atom. The predicted molar refractivity (Wildman–Crippen MR) is 126 cm³/mol. The molecule has 2 aromatic carbocycles. The number of benzene rings is 2. The van der Waals surface area contributed by atoms with Gasteiger partial charge < -0.3 is 5.32 Å². The molecule has 2 nitrogen and oxygen atoms in total. The summed E-state index contributed by atoms with van der Waals surface area (Å²) in [6, 6.07) is 16.5. The van der Waals surface area contributed by atoms with E-state index in [-0.39, 0.29) is 11.2 Å². The van der Waals surface area contributed by atoms with E-state index in [1.165, 1.54) is 44.1 Å². The number of carbonyl (C=O) groups excluding carboxylic acids is 1. The van der Waals surface area contributed by atoms with Gasteiger partial charge in [0.05, 0.1) is 5.25 Å². The maximum Gasteiger partial charge on any atom is 0.237 e. The van der Waals surface area contributed by atoms with E-state index in [9.17, 15) is 4.79 Å². The smallest absolute Gasteiger partial charge is 0.237 e. The van der Waals surface area contributed by atoms with Crippen molar-refractivity contribution in [3.63, 3.8) is 0 Å². The molecule has 6 rings (SSSR count). The highest BCUT2D eigenvalue weighted by Crippen LogP contribution is 2.60. The number of halogens is 1. The monoisotopic (exact) mass is 439 g/mol. The second-order valence-corrected chi connectivity index (χ2v) is 11.4. The highest BCUT2D eigenvalue weighted by Gasteiger charge is 2.51. The van der Waals surface area contributed by atoms with Crippen molar-refractivity contribution in [2.45, 2.75) is 67.4 Å². The van der Waals surface area contributed by atoms with E-state index >= 15 is 0 Å². The zero-order chi connectivity index (χ0) is 20.7. The van der Waals surface area contributed by atoms with Gasteiger partial charge in [0.15, 0.2) is 0 Å². The third-order valence-electron chi connectivity index (χ3n) is 7.56. The third-order valence-corrected chi connectivity index (χ3v) is 9.19. The Bertz CT molecular complexity index is 872. The predicted octanol–water partition coefficient (Wildman–Crippen LogP) is 7.32. The summed E-state index contributed by atoms with van der Waals surface area (Å²) >= 11 is 7.57. The molecule has 0 saturated heterocycles. The van der Waals surface area contributed by atoms with Gasteiger partial charge >= 0.3 is 0 Å². The molecule has 4 fully saturated rings. The van der Waals surface area contributed by atoms with Crippen LogP contribution in [0.4, 0.5) is 5.69 Å². The highest BCUT2D eigenvalue weighted by atomic mass is 35.5. The van der Waals surface area contributed by atoms with Crippen molar-refractivity contribution < 1.29 is 4.79 Å². The quantitative estimate of drug-likeness (QED) is 0.477. The van der Waals surface area contributed by atoms with Gasteiger partial charge in [-0.2, -0.15) is 0 Å². The van der Waals surface area contributed by atoms with Gasteiger partial charge in [0.1, 0.15) is 0 Å². The average Bonchev–Trinajstić information content (AvgIpc) is 2.73. The molecule has 1 amide bonds. The Hall–Kier alpha value is -1.45. The molecule has 0 heterocycles. The lowest BCUT2D eigenvalue weighted by molar-refractivity contribution is -0.115. The number of anilines is 1. The van der Waals surface area contributed by atoms with Crippen LogP contribution in [0.3, 0.4) is 0 Å². The summed E-state index contributed by atoms with van der Waals surface area (Å²) in [5.41, 5.74) is 2.82. The lowest BCUT2D eigenvalue weighted by Crippen LogP contribution is -2.48. The molecular formula is C26H30ClNOS. The zero-order valence-corrected chi connectivity index (χ0v) is 19.1. The van der Waals surface area contributed by atoms with Crippen LogP contribution in [0, 0.1) is 17.8 Å². The van der Waals surface area contributed by atoms with Gasteiger partial charge in [-0.1, -0.05) is 30.7 Å². The van der Waals surface area contributed by atoms with E-state index in [0.717, 1.165) is 39.8 Å². The summed E-state index contributed by atoms with van der Waals surface area (Å²) in [5.74, 6) is 2.92. The molecule has 4 heteroatoms. The van der Waals surface area contributed by atoms with Gasteiger partial charge in [-0.05, 0) is 110 Å². The topological polar surface area (TPSA) is 29.1 Å². The van der Waals surface area contributed by atoms with Crippen LogP contribution in [0.5, 0.6) is 0 Å². The SMILES string of the molecule is CC[C@@H](Sc1ccc(Cl)cc1)C(=O)Nc1ccc(C23CC4CC(CC(C4)C2)C3)cc1. The molecule has 2 aromatic rings. The van der Waals surface area contributed by atoms with Crippen LogP contribution >= 0.6 is 23.4 Å². The molecule has 0 aromatic heterocycles. The lowest BCUT2D eigenvalue weighted by atomic mass is 9.48. The Kier molecular flexibility index (Phi) is 5.62. The molecular weight excluding hydrogens is 410 g/mol. The van der Waals surface area contributed by atoms with Crippen LogP contribution in [0.25, 0.3) is 0 Å². The Balaban J connectivity index is 1.25. The molecule has 4 aliphatic rings. The van der Waals surface area contributed by atoms with Gasteiger partial charge in [-0.25, -0.2) is 0 Å². The fourth-order valence-corrected chi connectivity index (χ4v) is 7.67. The first-order chi connectivity index (χ1) is 14.5. The van der Waals surface area contributed by atoms with Crippen LogP contribution in [-0.2, 0) is 10.2 Å². The standard InChI is InChI=1S/C26H30ClNOS/c1-2-24(30-23-9-5-21(27)6-10-23)25(29)28-22-7-3-20(4-8-22)26-14-17-11-18(15-26)13-19(12-17)16-26/h3-10,17-19,24H,2,11-16H2,1H3,(H,28,29)/t17?,18?,19?,24-,26?/m1/s1. The number of hydrogen-bond acceptors (Lipinski definition) is 2. The van der Waals surface area contributed by atoms with Crippen molar-refractivity contribution in [2.75, 3.05) is 5.32 Å². The highest BCUT2D eigenvalue weighted by molar-refractivity contribution is 8.00. The number of hydrogen-bond donors (Lipinski definition) is 1. The summed E-state index contributed by atoms with van der Waals surface area (Å²) < 4.78 is 0. The summed E-state index contributed by atoms with van der Waals surface area (Å²) in [7, 11) is 0. The van der Waals surface area contributed by atoms with E-state index in [1.54, 1.807) is 11.8 Å². The first-order valence-electron chi connectivity index (χ1n) is 11.4. The van der Waals surface area contributed by atoms with Gasteiger partial charge in [0, 0.05) is 15.6 Å². The molecule has 0 aliphatic heterocycles. The van der Waals surface area contributed by atoms with Crippen molar-refractivity contribution in [1.29, 1.82) is 0 Å². The van der Waals surface area contributed by atoms with Gasteiger partial charge in [-0.15, -0.1) is 11.8 Å². The largest absolute Gasteiger partial charge is 0.325 e. The summed E-state index contributed by atoms with van der Waals surface area (Å²) in [4.78, 5) is 13.9. The van der Waals surface area contributed by atoms with Crippen LogP contribution in [0.2, 0.25) is 5.02 Å². The summed E-state index contributed by atoms with van der Waals surface area (Å²) in [6.07, 6.45) is 9.32. The fraction of sp³-hybridized carbons (Fsp3) is 0.500. The molecule has 30 heavy (non-hydrogen) atoms. The minimum atomic E-state index is -0.117. The molecule has 4 aliphatic carbocycles. The second kappa shape index (κ2) is 8.24. The minimum Gasteiger partial charge on any atom is -0.325 e. The summed E-state index contributed by atoms with van der Waals surface area (Å²) in [5, 5.41) is 3.74. The van der Waals surface area contributed by atoms with E-state index in [2.05, 4.69) is 36.5 Å². The van der Waals surface area contributed by atoms with Crippen molar-refractivity contribution in [3.8, 4) is 0 Å². The Morgan fingerprint density at radius 1 is 1.00 bits per heavy atom. The van der Waals surface area contributed by atoms with Crippen molar-refractivity contribution in [3.05, 3.63) is 59.1 Å². The zero-order valence-electron chi connectivity index (χ0n) is 17.6. The number of thioether (sulfide) groups is 1. The van der Waals surface area contributed by atoms with E-state index < -0.39 is 0 Å². The van der Waals surface area contributed by atoms with E-state index in [0.29, 0.717) is 5.41 Å². The van der Waals surface area contributed by atoms with Crippen LogP contribution in [0.15, 0.2) is 53.4 Å². The Labute approximate surface area is 189 Å². The number of rotatable bonds is 6. The first-order valence-corrected chi connectivity index (χ1v) is 12.6. The molecule has 4 saturated carbocycles. The van der Waals surface area contributed by atoms with Gasteiger partial charge in [0.2, 0.25) is 5.91 Å². The lowest BCUT2D eigenvalue weighted by Gasteiger charge is -2.57. The first kappa shape index (κ1) is 20.5. The average molecular weight is 440 g/mol. The third kappa shape index (κ3) is 4.03. The normalized spacial score (nSPS) is 30.3. The molecule has 0 radical (unpaired) electrons.